The Labute approximate surface area is 119 Å². The molecule has 0 aliphatic carbocycles. The highest BCUT2D eigenvalue weighted by molar-refractivity contribution is 5.94. The molecular weight excluding hydrogens is 287 g/mol. The molecule has 114 valence electrons. The number of carboxylic acid groups (broad SMARTS) is 1. The van der Waals surface area contributed by atoms with E-state index in [1.807, 2.05) is 0 Å². The number of carbonyl (C=O) groups is 2. The van der Waals surface area contributed by atoms with Crippen LogP contribution in [0.5, 0.6) is 0 Å². The summed E-state index contributed by atoms with van der Waals surface area (Å²) in [5.41, 5.74) is -0.685. The van der Waals surface area contributed by atoms with Crippen molar-refractivity contribution in [3.05, 3.63) is 35.4 Å². The number of amides is 1. The average Bonchev–Trinajstić information content (AvgIpc) is 2.46. The molecule has 1 aromatic carbocycles. The maximum Gasteiger partial charge on any atom is 0.416 e. The first-order valence-corrected chi connectivity index (χ1v) is 6.48. The van der Waals surface area contributed by atoms with Crippen LogP contribution in [-0.4, -0.2) is 35.0 Å². The van der Waals surface area contributed by atoms with Crippen LogP contribution in [0.15, 0.2) is 24.3 Å². The van der Waals surface area contributed by atoms with Gasteiger partial charge in [0, 0.05) is 18.7 Å². The maximum absolute atomic E-state index is 12.5. The van der Waals surface area contributed by atoms with Crippen LogP contribution in [0.25, 0.3) is 0 Å². The molecule has 0 bridgehead atoms. The Morgan fingerprint density at radius 1 is 1.19 bits per heavy atom. The molecule has 1 saturated heterocycles. The van der Waals surface area contributed by atoms with Crippen LogP contribution in [0, 0.1) is 5.92 Å². The van der Waals surface area contributed by atoms with E-state index in [1.54, 1.807) is 0 Å². The van der Waals surface area contributed by atoms with Gasteiger partial charge in [0.05, 0.1) is 11.5 Å². The number of piperidine rings is 1. The molecule has 4 nitrogen and oxygen atoms in total. The summed E-state index contributed by atoms with van der Waals surface area (Å²) in [7, 11) is 0. The number of alkyl halides is 3. The van der Waals surface area contributed by atoms with E-state index >= 15 is 0 Å². The SMILES string of the molecule is O=C(O)[C@H]1CCCN(C(=O)c2ccc(C(F)(F)F)cc2)C1. The monoisotopic (exact) mass is 301 g/mol. The lowest BCUT2D eigenvalue weighted by Gasteiger charge is -2.30. The third kappa shape index (κ3) is 3.53. The van der Waals surface area contributed by atoms with Gasteiger partial charge < -0.3 is 10.0 Å². The lowest BCUT2D eigenvalue weighted by Crippen LogP contribution is -2.42. The predicted octanol–water partition coefficient (Wildman–Crippen LogP) is 2.64. The van der Waals surface area contributed by atoms with Crippen molar-refractivity contribution in [2.45, 2.75) is 19.0 Å². The largest absolute Gasteiger partial charge is 0.481 e. The lowest BCUT2D eigenvalue weighted by atomic mass is 9.97. The van der Waals surface area contributed by atoms with Crippen LogP contribution in [0.2, 0.25) is 0 Å². The number of hydrogen-bond acceptors (Lipinski definition) is 2. The van der Waals surface area contributed by atoms with Crippen LogP contribution in [0.1, 0.15) is 28.8 Å². The number of benzene rings is 1. The first-order chi connectivity index (χ1) is 9.79. The molecule has 1 fully saturated rings. The topological polar surface area (TPSA) is 57.6 Å². The summed E-state index contributed by atoms with van der Waals surface area (Å²) < 4.78 is 37.4. The summed E-state index contributed by atoms with van der Waals surface area (Å²) in [6, 6.07) is 3.95. The molecule has 2 rings (SSSR count). The zero-order valence-corrected chi connectivity index (χ0v) is 11.1. The Morgan fingerprint density at radius 3 is 2.33 bits per heavy atom. The van der Waals surface area contributed by atoms with E-state index in [0.717, 1.165) is 24.3 Å². The van der Waals surface area contributed by atoms with E-state index in [0.29, 0.717) is 19.4 Å². The van der Waals surface area contributed by atoms with Crippen LogP contribution >= 0.6 is 0 Å². The third-order valence-corrected chi connectivity index (χ3v) is 3.52. The molecule has 0 saturated carbocycles. The number of rotatable bonds is 2. The summed E-state index contributed by atoms with van der Waals surface area (Å²) in [5.74, 6) is -2.01. The van der Waals surface area contributed by atoms with Crippen molar-refractivity contribution in [3.8, 4) is 0 Å². The Kier molecular flexibility index (Phi) is 4.20. The summed E-state index contributed by atoms with van der Waals surface area (Å²) in [6.45, 7) is 0.513. The smallest absolute Gasteiger partial charge is 0.416 e. The van der Waals surface area contributed by atoms with Gasteiger partial charge in [-0.05, 0) is 37.1 Å². The highest BCUT2D eigenvalue weighted by atomic mass is 19.4. The van der Waals surface area contributed by atoms with Gasteiger partial charge in [-0.15, -0.1) is 0 Å². The van der Waals surface area contributed by atoms with Crippen molar-refractivity contribution in [2.75, 3.05) is 13.1 Å². The lowest BCUT2D eigenvalue weighted by molar-refractivity contribution is -0.143. The van der Waals surface area contributed by atoms with Crippen molar-refractivity contribution >= 4 is 11.9 Å². The van der Waals surface area contributed by atoms with Gasteiger partial charge in [0.2, 0.25) is 0 Å². The molecule has 0 aromatic heterocycles. The van der Waals surface area contributed by atoms with Crippen molar-refractivity contribution < 1.29 is 27.9 Å². The Hall–Kier alpha value is -2.05. The fraction of sp³-hybridized carbons (Fsp3) is 0.429. The summed E-state index contributed by atoms with van der Waals surface area (Å²) in [5, 5.41) is 8.97. The van der Waals surface area contributed by atoms with Gasteiger partial charge >= 0.3 is 12.1 Å². The van der Waals surface area contributed by atoms with Crippen molar-refractivity contribution in [1.82, 2.24) is 4.90 Å². The van der Waals surface area contributed by atoms with Gasteiger partial charge in [0.25, 0.3) is 5.91 Å². The molecule has 0 radical (unpaired) electrons. The van der Waals surface area contributed by atoms with Crippen molar-refractivity contribution in [1.29, 1.82) is 0 Å². The number of aliphatic carboxylic acids is 1. The molecule has 1 aliphatic rings. The minimum Gasteiger partial charge on any atom is -0.481 e. The Balaban J connectivity index is 2.11. The molecule has 1 amide bonds. The molecule has 1 aromatic rings. The zero-order valence-electron chi connectivity index (χ0n) is 11.1. The first kappa shape index (κ1) is 15.3. The number of carbonyl (C=O) groups excluding carboxylic acids is 1. The predicted molar refractivity (Wildman–Crippen MR) is 67.7 cm³/mol. The second kappa shape index (κ2) is 5.75. The van der Waals surface area contributed by atoms with E-state index in [4.69, 9.17) is 5.11 Å². The normalized spacial score (nSPS) is 19.4. The molecule has 1 N–H and O–H groups in total. The molecule has 0 spiro atoms. The van der Waals surface area contributed by atoms with Gasteiger partial charge in [-0.3, -0.25) is 9.59 Å². The van der Waals surface area contributed by atoms with Crippen LogP contribution < -0.4 is 0 Å². The van der Waals surface area contributed by atoms with E-state index in [-0.39, 0.29) is 12.1 Å². The molecule has 21 heavy (non-hydrogen) atoms. The summed E-state index contributed by atoms with van der Waals surface area (Å²) >= 11 is 0. The number of halogens is 3. The van der Waals surface area contributed by atoms with Crippen molar-refractivity contribution in [2.24, 2.45) is 5.92 Å². The Bertz CT molecular complexity index is 539. The molecule has 7 heteroatoms. The van der Waals surface area contributed by atoms with E-state index in [9.17, 15) is 22.8 Å². The van der Waals surface area contributed by atoms with Gasteiger partial charge in [0.15, 0.2) is 0 Å². The van der Waals surface area contributed by atoms with E-state index < -0.39 is 29.5 Å². The fourth-order valence-electron chi connectivity index (χ4n) is 2.35. The Morgan fingerprint density at radius 2 is 1.81 bits per heavy atom. The number of nitrogens with zero attached hydrogens (tertiary/aromatic N) is 1. The first-order valence-electron chi connectivity index (χ1n) is 6.48. The van der Waals surface area contributed by atoms with Gasteiger partial charge in [-0.1, -0.05) is 0 Å². The molecule has 1 atom stereocenters. The minimum absolute atomic E-state index is 0.0924. The van der Waals surface area contributed by atoms with E-state index in [2.05, 4.69) is 0 Å². The van der Waals surface area contributed by atoms with Crippen LogP contribution in [0.4, 0.5) is 13.2 Å². The minimum atomic E-state index is -4.44. The van der Waals surface area contributed by atoms with E-state index in [1.165, 1.54) is 4.90 Å². The molecule has 1 heterocycles. The number of likely N-dealkylation sites (tertiary alicyclic amines) is 1. The summed E-state index contributed by atoms with van der Waals surface area (Å²) in [6.07, 6.45) is -3.36. The average molecular weight is 301 g/mol. The van der Waals surface area contributed by atoms with Gasteiger partial charge in [-0.2, -0.15) is 13.2 Å². The van der Waals surface area contributed by atoms with Gasteiger partial charge in [0.1, 0.15) is 0 Å². The van der Waals surface area contributed by atoms with Crippen molar-refractivity contribution in [3.63, 3.8) is 0 Å². The second-order valence-corrected chi connectivity index (χ2v) is 5.00. The highest BCUT2D eigenvalue weighted by Crippen LogP contribution is 2.29. The summed E-state index contributed by atoms with van der Waals surface area (Å²) in [4.78, 5) is 24.5. The van der Waals surface area contributed by atoms with Crippen LogP contribution in [0.3, 0.4) is 0 Å². The highest BCUT2D eigenvalue weighted by Gasteiger charge is 2.31. The number of hydrogen-bond donors (Lipinski definition) is 1. The van der Waals surface area contributed by atoms with Gasteiger partial charge in [-0.25, -0.2) is 0 Å². The fourth-order valence-corrected chi connectivity index (χ4v) is 2.35. The second-order valence-electron chi connectivity index (χ2n) is 5.00. The zero-order chi connectivity index (χ0) is 15.6. The number of carboxylic acids is 1. The molecule has 0 unspecified atom stereocenters. The quantitative estimate of drug-likeness (QED) is 0.913. The third-order valence-electron chi connectivity index (χ3n) is 3.52. The molecular formula is C14H14F3NO3. The maximum atomic E-state index is 12.5. The van der Waals surface area contributed by atoms with Crippen LogP contribution in [-0.2, 0) is 11.0 Å². The molecule has 1 aliphatic heterocycles. The standard InChI is InChI=1S/C14H14F3NO3/c15-14(16,17)11-5-3-9(4-6-11)12(19)18-7-1-2-10(8-18)13(20)21/h3-6,10H,1-2,7-8H2,(H,20,21)/t10-/m0/s1.